The molecule has 0 fully saturated rings. The van der Waals surface area contributed by atoms with E-state index < -0.39 is 5.60 Å². The maximum Gasteiger partial charge on any atom is 0.123 e. The Balaban J connectivity index is 2.36. The van der Waals surface area contributed by atoms with Gasteiger partial charge in [0.2, 0.25) is 0 Å². The van der Waals surface area contributed by atoms with E-state index in [-0.39, 0.29) is 28.7 Å². The molecular weight excluding hydrogens is 348 g/mol. The number of hydrogen-bond acceptors (Lipinski definition) is 3. The van der Waals surface area contributed by atoms with Gasteiger partial charge in [-0.25, -0.2) is 0 Å². The lowest BCUT2D eigenvalue weighted by Gasteiger charge is -2.38. The molecule has 0 saturated carbocycles. The third-order valence-electron chi connectivity index (χ3n) is 6.56. The van der Waals surface area contributed by atoms with Crippen molar-refractivity contribution in [3.8, 4) is 11.5 Å². The predicted octanol–water partition coefficient (Wildman–Crippen LogP) is 6.56. The summed E-state index contributed by atoms with van der Waals surface area (Å²) in [5.74, 6) is 0.0556. The van der Waals surface area contributed by atoms with Gasteiger partial charge in [-0.1, -0.05) is 58.1 Å². The Labute approximate surface area is 171 Å². The first-order valence-electron chi connectivity index (χ1n) is 10.9. The molecule has 158 valence electrons. The number of unbranched alkanes of at least 4 members (excludes halogenated alkanes) is 3. The molecule has 2 atom stereocenters. The summed E-state index contributed by atoms with van der Waals surface area (Å²) in [6.07, 6.45) is 9.75. The topological polar surface area (TPSA) is 60.7 Å². The summed E-state index contributed by atoms with van der Waals surface area (Å²) in [6, 6.07) is 3.65. The van der Waals surface area contributed by atoms with Gasteiger partial charge in [0.25, 0.3) is 0 Å². The molecule has 1 aromatic carbocycles. The van der Waals surface area contributed by atoms with Gasteiger partial charge < -0.3 is 15.3 Å². The summed E-state index contributed by atoms with van der Waals surface area (Å²) in [4.78, 5) is 0. The maximum absolute atomic E-state index is 10.9. The van der Waals surface area contributed by atoms with Crippen molar-refractivity contribution in [3.05, 3.63) is 34.9 Å². The standard InChI is InChI=1S/C25H40O3/c1-7-8-9-10-13-24(3,4)18-15-21(26)23(22(27)16-18)19-14-17(2)11-12-20(19)25(5,6)28/h14-16,19-20,26-28H,7-13H2,1-6H3. The van der Waals surface area contributed by atoms with Gasteiger partial charge in [-0.3, -0.25) is 0 Å². The first kappa shape index (κ1) is 22.8. The van der Waals surface area contributed by atoms with Gasteiger partial charge in [0.1, 0.15) is 11.5 Å². The van der Waals surface area contributed by atoms with Gasteiger partial charge in [0, 0.05) is 11.5 Å². The van der Waals surface area contributed by atoms with Crippen LogP contribution in [-0.4, -0.2) is 20.9 Å². The zero-order chi connectivity index (χ0) is 21.1. The van der Waals surface area contributed by atoms with Gasteiger partial charge in [-0.2, -0.15) is 0 Å². The highest BCUT2D eigenvalue weighted by Crippen LogP contribution is 2.49. The minimum absolute atomic E-state index is 0.0408. The lowest BCUT2D eigenvalue weighted by atomic mass is 9.69. The van der Waals surface area contributed by atoms with Crippen LogP contribution < -0.4 is 0 Å². The molecule has 0 saturated heterocycles. The van der Waals surface area contributed by atoms with Crippen molar-refractivity contribution in [3.63, 3.8) is 0 Å². The molecule has 3 N–H and O–H groups in total. The molecule has 0 spiro atoms. The molecule has 0 radical (unpaired) electrons. The molecule has 0 aliphatic heterocycles. The zero-order valence-electron chi connectivity index (χ0n) is 18.7. The maximum atomic E-state index is 10.9. The molecule has 28 heavy (non-hydrogen) atoms. The van der Waals surface area contributed by atoms with Crippen molar-refractivity contribution in [2.45, 2.75) is 103 Å². The molecule has 2 unspecified atom stereocenters. The van der Waals surface area contributed by atoms with Crippen molar-refractivity contribution in [1.29, 1.82) is 0 Å². The molecule has 1 aromatic rings. The summed E-state index contributed by atoms with van der Waals surface area (Å²) in [5.41, 5.74) is 1.79. The van der Waals surface area contributed by atoms with Crippen molar-refractivity contribution in [1.82, 2.24) is 0 Å². The lowest BCUT2D eigenvalue weighted by Crippen LogP contribution is -2.36. The van der Waals surface area contributed by atoms with Gasteiger partial charge in [0.15, 0.2) is 0 Å². The summed E-state index contributed by atoms with van der Waals surface area (Å²) in [5, 5.41) is 32.5. The molecule has 3 nitrogen and oxygen atoms in total. The van der Waals surface area contributed by atoms with E-state index in [1.807, 2.05) is 26.0 Å². The van der Waals surface area contributed by atoms with Crippen LogP contribution in [0.25, 0.3) is 0 Å². The average Bonchev–Trinajstić information content (AvgIpc) is 2.57. The first-order chi connectivity index (χ1) is 13.0. The van der Waals surface area contributed by atoms with E-state index >= 15 is 0 Å². The van der Waals surface area contributed by atoms with Crippen LogP contribution in [0.1, 0.15) is 104 Å². The number of aliphatic hydroxyl groups is 1. The second-order valence-corrected chi connectivity index (χ2v) is 9.96. The fraction of sp³-hybridized carbons (Fsp3) is 0.680. The number of allylic oxidation sites excluding steroid dienone is 2. The number of benzene rings is 1. The summed E-state index contributed by atoms with van der Waals surface area (Å²) >= 11 is 0. The molecule has 3 heteroatoms. The first-order valence-corrected chi connectivity index (χ1v) is 10.9. The van der Waals surface area contributed by atoms with Crippen molar-refractivity contribution < 1.29 is 15.3 Å². The highest BCUT2D eigenvalue weighted by Gasteiger charge is 2.38. The molecule has 0 amide bonds. The van der Waals surface area contributed by atoms with Crippen LogP contribution in [0.4, 0.5) is 0 Å². The Kier molecular flexibility index (Phi) is 7.25. The monoisotopic (exact) mass is 388 g/mol. The Morgan fingerprint density at radius 1 is 1.00 bits per heavy atom. The van der Waals surface area contributed by atoms with Crippen LogP contribution in [0.15, 0.2) is 23.8 Å². The van der Waals surface area contributed by atoms with E-state index in [0.717, 1.165) is 31.2 Å². The van der Waals surface area contributed by atoms with Gasteiger partial charge in [-0.15, -0.1) is 0 Å². The summed E-state index contributed by atoms with van der Waals surface area (Å²) in [7, 11) is 0. The van der Waals surface area contributed by atoms with Crippen LogP contribution in [0.2, 0.25) is 0 Å². The summed E-state index contributed by atoms with van der Waals surface area (Å²) in [6.45, 7) is 12.3. The van der Waals surface area contributed by atoms with Crippen LogP contribution in [0.5, 0.6) is 11.5 Å². The fourth-order valence-corrected chi connectivity index (χ4v) is 4.64. The third-order valence-corrected chi connectivity index (χ3v) is 6.56. The molecule has 1 aliphatic rings. The number of aromatic hydroxyl groups is 2. The van der Waals surface area contributed by atoms with E-state index in [1.165, 1.54) is 24.8 Å². The quantitative estimate of drug-likeness (QED) is 0.349. The Hall–Kier alpha value is -1.48. The second-order valence-electron chi connectivity index (χ2n) is 9.96. The highest BCUT2D eigenvalue weighted by atomic mass is 16.3. The molecule has 1 aliphatic carbocycles. The van der Waals surface area contributed by atoms with E-state index in [0.29, 0.717) is 5.56 Å². The molecule has 0 aromatic heterocycles. The predicted molar refractivity (Wildman–Crippen MR) is 117 cm³/mol. The minimum Gasteiger partial charge on any atom is -0.507 e. The van der Waals surface area contributed by atoms with Crippen molar-refractivity contribution >= 4 is 0 Å². The summed E-state index contributed by atoms with van der Waals surface area (Å²) < 4.78 is 0. The normalized spacial score (nSPS) is 20.9. The van der Waals surface area contributed by atoms with Crippen molar-refractivity contribution in [2.24, 2.45) is 5.92 Å². The SMILES string of the molecule is CCCCCCC(C)(C)c1cc(O)c(C2C=C(C)CCC2C(C)(C)O)c(O)c1. The van der Waals surface area contributed by atoms with Crippen LogP contribution in [0, 0.1) is 5.92 Å². The number of hydrogen-bond donors (Lipinski definition) is 3. The molecular formula is C25H40O3. The van der Waals surface area contributed by atoms with E-state index in [4.69, 9.17) is 0 Å². The van der Waals surface area contributed by atoms with Gasteiger partial charge in [-0.05, 0) is 69.1 Å². The number of rotatable bonds is 8. The van der Waals surface area contributed by atoms with Crippen molar-refractivity contribution in [2.75, 3.05) is 0 Å². The van der Waals surface area contributed by atoms with Gasteiger partial charge >= 0.3 is 0 Å². The number of phenolic OH excluding ortho intramolecular Hbond substituents is 2. The van der Waals surface area contributed by atoms with Gasteiger partial charge in [0.05, 0.1) is 5.60 Å². The smallest absolute Gasteiger partial charge is 0.123 e. The lowest BCUT2D eigenvalue weighted by molar-refractivity contribution is 0.00420. The van der Waals surface area contributed by atoms with E-state index in [1.54, 1.807) is 0 Å². The second kappa shape index (κ2) is 8.90. The molecule has 0 bridgehead atoms. The highest BCUT2D eigenvalue weighted by molar-refractivity contribution is 5.52. The fourth-order valence-electron chi connectivity index (χ4n) is 4.64. The Morgan fingerprint density at radius 3 is 2.14 bits per heavy atom. The van der Waals surface area contributed by atoms with Crippen LogP contribution >= 0.6 is 0 Å². The Morgan fingerprint density at radius 2 is 1.61 bits per heavy atom. The number of phenols is 2. The van der Waals surface area contributed by atoms with Crippen LogP contribution in [-0.2, 0) is 5.41 Å². The molecule has 2 rings (SSSR count). The third kappa shape index (κ3) is 5.31. The molecule has 0 heterocycles. The van der Waals surface area contributed by atoms with E-state index in [2.05, 4.69) is 33.8 Å². The van der Waals surface area contributed by atoms with E-state index in [9.17, 15) is 15.3 Å². The van der Waals surface area contributed by atoms with Crippen LogP contribution in [0.3, 0.4) is 0 Å². The average molecular weight is 389 g/mol. The zero-order valence-corrected chi connectivity index (χ0v) is 18.7. The largest absolute Gasteiger partial charge is 0.507 e. The minimum atomic E-state index is -0.877. The Bertz CT molecular complexity index is 671.